The number of rotatable bonds is 3. The lowest BCUT2D eigenvalue weighted by atomic mass is 9.94. The number of phenolic OH excluding ortho intramolecular Hbond substituents is 1. The van der Waals surface area contributed by atoms with Crippen LogP contribution in [0.4, 0.5) is 31.1 Å². The highest BCUT2D eigenvalue weighted by Gasteiger charge is 2.44. The molecule has 0 saturated carbocycles. The molecule has 1 aliphatic carbocycles. The smallest absolute Gasteiger partial charge is 0.471 e. The summed E-state index contributed by atoms with van der Waals surface area (Å²) in [5.74, 6) is -3.69. The van der Waals surface area contributed by atoms with Crippen molar-refractivity contribution in [3.8, 4) is 17.2 Å². The maximum absolute atomic E-state index is 12.6. The van der Waals surface area contributed by atoms with Crippen LogP contribution in [0.25, 0.3) is 0 Å². The van der Waals surface area contributed by atoms with Crippen molar-refractivity contribution >= 4 is 87.4 Å². The van der Waals surface area contributed by atoms with Crippen LogP contribution in [0.1, 0.15) is 67.0 Å². The Morgan fingerprint density at radius 3 is 1.47 bits per heavy atom. The van der Waals surface area contributed by atoms with Crippen LogP contribution in [0.3, 0.4) is 0 Å². The molecule has 3 aromatic carbocycles. The first-order chi connectivity index (χ1) is 31.5. The molecule has 68 heavy (non-hydrogen) atoms. The number of aromatic hydroxyl groups is 1. The van der Waals surface area contributed by atoms with Gasteiger partial charge in [-0.15, -0.1) is 0 Å². The van der Waals surface area contributed by atoms with Gasteiger partial charge in [0.15, 0.2) is 11.5 Å². The maximum atomic E-state index is 12.6. The Bertz CT molecular complexity index is 2360. The second kappa shape index (κ2) is 23.5. The van der Waals surface area contributed by atoms with Gasteiger partial charge in [-0.3, -0.25) is 9.59 Å². The summed E-state index contributed by atoms with van der Waals surface area (Å²) in [6.07, 6.45) is -7.30. The lowest BCUT2D eigenvalue weighted by molar-refractivity contribution is -0.185. The second-order valence-corrected chi connectivity index (χ2v) is 19.4. The van der Waals surface area contributed by atoms with Gasteiger partial charge in [0.1, 0.15) is 11.4 Å². The average molecular weight is 1060 g/mol. The van der Waals surface area contributed by atoms with E-state index in [1.54, 1.807) is 47.0 Å². The Morgan fingerprint density at radius 1 is 0.618 bits per heavy atom. The van der Waals surface area contributed by atoms with Crippen molar-refractivity contribution in [2.45, 2.75) is 90.1 Å². The molecular formula is C46H53Cl3F6N4O7S2. The molecule has 0 bridgehead atoms. The number of phenols is 1. The first kappa shape index (κ1) is 56.3. The quantitative estimate of drug-likeness (QED) is 0.154. The molecule has 1 unspecified atom stereocenters. The number of thiocarbonyl (C=S) groups is 2. The number of carbonyl (C=O) groups excluding carboxylic acids is 3. The van der Waals surface area contributed by atoms with Crippen LogP contribution in [0.5, 0.6) is 17.2 Å². The molecule has 11 nitrogen and oxygen atoms in total. The SMILES string of the molecule is CN(C)C(=S)Oc1c(Cl)ccc2c1CCN(C(=O)C(F)(F)F)CC2.CN(C)C(=S)Oc1c(Cl)ccc2c1CCN(C(=O)OC(C)(C)C)CC2.O=C(C1CCc2ccc(Cl)c(O)c2CC1)C(F)(F)F. The van der Waals surface area contributed by atoms with E-state index in [0.717, 1.165) is 33.6 Å². The van der Waals surface area contributed by atoms with Crippen molar-refractivity contribution in [1.82, 2.24) is 19.6 Å². The van der Waals surface area contributed by atoms with Gasteiger partial charge < -0.3 is 38.9 Å². The number of carbonyl (C=O) groups is 3. The highest BCUT2D eigenvalue weighted by molar-refractivity contribution is 7.80. The number of halogens is 9. The minimum absolute atomic E-state index is 0.00938. The van der Waals surface area contributed by atoms with Gasteiger partial charge in [0.25, 0.3) is 10.3 Å². The largest absolute Gasteiger partial charge is 0.506 e. The number of Topliss-reactive ketones (excluding diaryl/α,β-unsaturated/α-hetero) is 1. The molecular weight excluding hydrogens is 1010 g/mol. The zero-order valence-electron chi connectivity index (χ0n) is 38.4. The van der Waals surface area contributed by atoms with Gasteiger partial charge in [-0.1, -0.05) is 53.0 Å². The van der Waals surface area contributed by atoms with E-state index in [0.29, 0.717) is 70.2 Å². The fourth-order valence-electron chi connectivity index (χ4n) is 7.44. The molecule has 0 fully saturated rings. The van der Waals surface area contributed by atoms with E-state index < -0.39 is 35.6 Å². The molecule has 0 saturated heterocycles. The lowest BCUT2D eigenvalue weighted by Gasteiger charge is -2.26. The van der Waals surface area contributed by atoms with E-state index >= 15 is 0 Å². The van der Waals surface area contributed by atoms with Gasteiger partial charge in [0, 0.05) is 71.4 Å². The molecule has 374 valence electrons. The summed E-state index contributed by atoms with van der Waals surface area (Å²) >= 11 is 28.6. The Morgan fingerprint density at radius 2 is 1.03 bits per heavy atom. The molecule has 0 spiro atoms. The van der Waals surface area contributed by atoms with Crippen molar-refractivity contribution in [3.63, 3.8) is 0 Å². The molecule has 3 aromatic rings. The molecule has 2 amide bonds. The summed E-state index contributed by atoms with van der Waals surface area (Å²) in [5, 5.41) is 11.4. The maximum Gasteiger partial charge on any atom is 0.471 e. The van der Waals surface area contributed by atoms with Gasteiger partial charge in [0.05, 0.1) is 15.1 Å². The van der Waals surface area contributed by atoms with Gasteiger partial charge in [-0.05, 0) is 137 Å². The van der Waals surface area contributed by atoms with Crippen LogP contribution in [-0.2, 0) is 52.9 Å². The van der Waals surface area contributed by atoms with Crippen molar-refractivity contribution in [2.24, 2.45) is 5.92 Å². The minimum atomic E-state index is -4.88. The predicted octanol–water partition coefficient (Wildman–Crippen LogP) is 10.6. The van der Waals surface area contributed by atoms with Crippen LogP contribution in [0.2, 0.25) is 15.1 Å². The van der Waals surface area contributed by atoms with Crippen LogP contribution >= 0.6 is 59.2 Å². The minimum Gasteiger partial charge on any atom is -0.506 e. The Labute approximate surface area is 417 Å². The van der Waals surface area contributed by atoms with Crippen molar-refractivity contribution in [3.05, 3.63) is 84.8 Å². The highest BCUT2D eigenvalue weighted by Crippen LogP contribution is 2.39. The number of fused-ring (bicyclic) bond motifs is 3. The summed E-state index contributed by atoms with van der Waals surface area (Å²) in [6, 6.07) is 10.4. The average Bonchev–Trinajstić information content (AvgIpc) is 3.70. The van der Waals surface area contributed by atoms with Crippen LogP contribution in [0.15, 0.2) is 36.4 Å². The predicted molar refractivity (Wildman–Crippen MR) is 256 cm³/mol. The topological polar surface area (TPSA) is 112 Å². The van der Waals surface area contributed by atoms with Gasteiger partial charge in [-0.25, -0.2) is 4.79 Å². The third kappa shape index (κ3) is 15.3. The van der Waals surface area contributed by atoms with E-state index in [2.05, 4.69) is 0 Å². The molecule has 22 heteroatoms. The number of hydrogen-bond donors (Lipinski definition) is 1. The summed E-state index contributed by atoms with van der Waals surface area (Å²) in [7, 11) is 7.06. The number of ether oxygens (including phenoxy) is 3. The summed E-state index contributed by atoms with van der Waals surface area (Å²) in [5.41, 5.74) is 4.42. The molecule has 2 heterocycles. The Kier molecular flexibility index (Phi) is 19.5. The first-order valence-corrected chi connectivity index (χ1v) is 23.3. The number of aryl methyl sites for hydroxylation is 1. The Balaban J connectivity index is 0.000000225. The van der Waals surface area contributed by atoms with Crippen LogP contribution in [0, 0.1) is 5.92 Å². The van der Waals surface area contributed by atoms with Crippen molar-refractivity contribution in [2.75, 3.05) is 54.4 Å². The second-order valence-electron chi connectivity index (χ2n) is 17.5. The zero-order chi connectivity index (χ0) is 51.1. The van der Waals surface area contributed by atoms with Gasteiger partial charge in [-0.2, -0.15) is 26.3 Å². The number of amides is 2. The third-order valence-corrected chi connectivity index (χ3v) is 12.8. The highest BCUT2D eigenvalue weighted by atomic mass is 35.5. The fraction of sp³-hybridized carbons (Fsp3) is 0.500. The fourth-order valence-corrected chi connectivity index (χ4v) is 8.22. The monoisotopic (exact) mass is 1060 g/mol. The molecule has 1 N–H and O–H groups in total. The number of hydrogen-bond acceptors (Lipinski definition) is 9. The number of benzene rings is 3. The standard InChI is InChI=1S/C18H25ClN2O3S.C15H16ClF3N2O2S.C13H12ClF3O2/c1-18(2,3)24-16(22)21-10-8-12-6-7-14(19)15(13(12)9-11-21)23-17(25)20(4)5;1-20(2)14(24)23-12-10-6-8-21(13(22)15(17,18)19)7-5-9(10)3-4-11(12)16;14-10-6-4-7-1-2-8(12(19)13(15,16)17)3-5-9(7)11(10)18/h6-7H,8-11H2,1-5H3;3-4H,5-8H2,1-2H3;4,6,8,18H,1-3,5H2. The first-order valence-electron chi connectivity index (χ1n) is 21.3. The van der Waals surface area contributed by atoms with E-state index in [9.17, 15) is 45.8 Å². The van der Waals surface area contributed by atoms with E-state index in [1.165, 1.54) is 6.07 Å². The number of nitrogens with zero attached hydrogens (tertiary/aromatic N) is 4. The van der Waals surface area contributed by atoms with E-state index in [-0.39, 0.29) is 60.8 Å². The van der Waals surface area contributed by atoms with Gasteiger partial charge >= 0.3 is 24.4 Å². The molecule has 2 aliphatic heterocycles. The van der Waals surface area contributed by atoms with E-state index in [4.69, 9.17) is 73.4 Å². The Hall–Kier alpha value is -4.30. The number of alkyl halides is 6. The summed E-state index contributed by atoms with van der Waals surface area (Å²) in [6.45, 7) is 6.68. The third-order valence-electron chi connectivity index (χ3n) is 11.0. The van der Waals surface area contributed by atoms with Crippen molar-refractivity contribution < 1.29 is 60.0 Å². The normalized spacial score (nSPS) is 16.0. The molecule has 1 atom stereocenters. The summed E-state index contributed by atoms with van der Waals surface area (Å²) in [4.78, 5) is 40.9. The molecule has 0 aromatic heterocycles. The zero-order valence-corrected chi connectivity index (χ0v) is 42.3. The molecule has 6 rings (SSSR count). The van der Waals surface area contributed by atoms with Gasteiger partial charge in [0.2, 0.25) is 5.78 Å². The molecule has 0 radical (unpaired) electrons. The van der Waals surface area contributed by atoms with E-state index in [1.807, 2.05) is 47.0 Å². The molecule has 3 aliphatic rings. The lowest BCUT2D eigenvalue weighted by Crippen LogP contribution is -2.42. The van der Waals surface area contributed by atoms with Crippen LogP contribution < -0.4 is 9.47 Å². The van der Waals surface area contributed by atoms with Crippen LogP contribution in [-0.4, -0.2) is 125 Å². The summed E-state index contributed by atoms with van der Waals surface area (Å²) < 4.78 is 92.1. The van der Waals surface area contributed by atoms with Crippen molar-refractivity contribution in [1.29, 1.82) is 0 Å². The number of ketones is 1.